The van der Waals surface area contributed by atoms with Crippen LogP contribution in [0.3, 0.4) is 0 Å². The maximum Gasteiger partial charge on any atom is 0.164 e. The number of likely N-dealkylation sites (tertiary alicyclic amines) is 2. The molecule has 22 heavy (non-hydrogen) atoms. The summed E-state index contributed by atoms with van der Waals surface area (Å²) in [6.07, 6.45) is 7.38. The van der Waals surface area contributed by atoms with Crippen LogP contribution in [0, 0.1) is 0 Å². The molecule has 3 nitrogen and oxygen atoms in total. The fourth-order valence-electron chi connectivity index (χ4n) is 3.82. The van der Waals surface area contributed by atoms with Crippen LogP contribution in [0.2, 0.25) is 0 Å². The Bertz CT molecular complexity index is 460. The molecule has 1 aromatic rings. The van der Waals surface area contributed by atoms with Crippen molar-refractivity contribution in [2.75, 3.05) is 32.7 Å². The monoisotopic (exact) mass is 300 g/mol. The fourth-order valence-corrected chi connectivity index (χ4v) is 3.82. The molecule has 3 rings (SSSR count). The second-order valence-electron chi connectivity index (χ2n) is 6.71. The summed E-state index contributed by atoms with van der Waals surface area (Å²) in [4.78, 5) is 17.3. The third kappa shape index (κ3) is 4.17. The van der Waals surface area contributed by atoms with Crippen LogP contribution in [-0.4, -0.2) is 54.3 Å². The third-order valence-electron chi connectivity index (χ3n) is 5.22. The molecule has 0 unspecified atom stereocenters. The van der Waals surface area contributed by atoms with Crippen molar-refractivity contribution in [2.45, 2.75) is 44.6 Å². The minimum atomic E-state index is 0.277. The van der Waals surface area contributed by atoms with Crippen LogP contribution < -0.4 is 0 Å². The van der Waals surface area contributed by atoms with Gasteiger partial charge in [-0.05, 0) is 51.9 Å². The van der Waals surface area contributed by atoms with Crippen LogP contribution in [0.5, 0.6) is 0 Å². The second-order valence-corrected chi connectivity index (χ2v) is 6.71. The number of nitrogens with zero attached hydrogens (tertiary/aromatic N) is 2. The van der Waals surface area contributed by atoms with E-state index < -0.39 is 0 Å². The largest absolute Gasteiger partial charge is 0.303 e. The van der Waals surface area contributed by atoms with E-state index >= 15 is 0 Å². The van der Waals surface area contributed by atoms with Gasteiger partial charge in [0.2, 0.25) is 0 Å². The van der Waals surface area contributed by atoms with Crippen molar-refractivity contribution in [3.63, 3.8) is 0 Å². The van der Waals surface area contributed by atoms with Crippen molar-refractivity contribution >= 4 is 5.78 Å². The van der Waals surface area contributed by atoms with E-state index in [9.17, 15) is 4.79 Å². The first-order valence-electron chi connectivity index (χ1n) is 8.87. The van der Waals surface area contributed by atoms with E-state index in [-0.39, 0.29) is 5.78 Å². The van der Waals surface area contributed by atoms with Crippen molar-refractivity contribution in [2.24, 2.45) is 0 Å². The highest BCUT2D eigenvalue weighted by molar-refractivity contribution is 5.96. The zero-order chi connectivity index (χ0) is 15.2. The quantitative estimate of drug-likeness (QED) is 0.780. The summed E-state index contributed by atoms with van der Waals surface area (Å²) in [6.45, 7) is 5.83. The predicted molar refractivity (Wildman–Crippen MR) is 90.3 cm³/mol. The van der Waals surface area contributed by atoms with Gasteiger partial charge >= 0.3 is 0 Å². The molecule has 0 atom stereocenters. The van der Waals surface area contributed by atoms with Crippen LogP contribution in [0.4, 0.5) is 0 Å². The van der Waals surface area contributed by atoms with Crippen molar-refractivity contribution in [1.29, 1.82) is 0 Å². The molecular weight excluding hydrogens is 272 g/mol. The number of rotatable bonds is 5. The molecule has 0 amide bonds. The lowest BCUT2D eigenvalue weighted by molar-refractivity contribution is 0.0847. The van der Waals surface area contributed by atoms with Crippen LogP contribution in [0.1, 0.15) is 48.9 Å². The normalized spacial score (nSPS) is 21.8. The molecule has 0 aliphatic carbocycles. The second kappa shape index (κ2) is 7.89. The van der Waals surface area contributed by atoms with Gasteiger partial charge in [0.15, 0.2) is 5.78 Å². The molecule has 2 aliphatic heterocycles. The van der Waals surface area contributed by atoms with Gasteiger partial charge < -0.3 is 9.80 Å². The molecule has 0 N–H and O–H groups in total. The van der Waals surface area contributed by atoms with Gasteiger partial charge in [-0.25, -0.2) is 0 Å². The summed E-state index contributed by atoms with van der Waals surface area (Å²) >= 11 is 0. The maximum atomic E-state index is 12.2. The SMILES string of the molecule is O=C(CCN1CCC(N2CCCCC2)CC1)c1ccccc1. The number of carbonyl (C=O) groups is 1. The number of Topliss-reactive ketones (excluding diaryl/α,β-unsaturated/α-hetero) is 1. The first kappa shape index (κ1) is 15.7. The summed E-state index contributed by atoms with van der Waals surface area (Å²) < 4.78 is 0. The van der Waals surface area contributed by atoms with Crippen molar-refractivity contribution in [1.82, 2.24) is 9.80 Å². The minimum absolute atomic E-state index is 0.277. The van der Waals surface area contributed by atoms with Gasteiger partial charge in [0.25, 0.3) is 0 Å². The Morgan fingerprint density at radius 1 is 0.955 bits per heavy atom. The first-order valence-corrected chi connectivity index (χ1v) is 8.87. The Labute approximate surface area is 134 Å². The van der Waals surface area contributed by atoms with Gasteiger partial charge in [0, 0.05) is 24.6 Å². The summed E-state index contributed by atoms with van der Waals surface area (Å²) in [5, 5.41) is 0. The van der Waals surface area contributed by atoms with E-state index in [1.807, 2.05) is 30.3 Å². The molecule has 0 radical (unpaired) electrons. The van der Waals surface area contributed by atoms with Crippen LogP contribution in [-0.2, 0) is 0 Å². The number of hydrogen-bond donors (Lipinski definition) is 0. The van der Waals surface area contributed by atoms with Gasteiger partial charge in [0.1, 0.15) is 0 Å². The van der Waals surface area contributed by atoms with E-state index in [0.717, 1.165) is 31.2 Å². The Hall–Kier alpha value is -1.19. The summed E-state index contributed by atoms with van der Waals surface area (Å²) in [5.74, 6) is 0.277. The van der Waals surface area contributed by atoms with E-state index in [1.54, 1.807) is 0 Å². The highest BCUT2D eigenvalue weighted by atomic mass is 16.1. The highest BCUT2D eigenvalue weighted by Crippen LogP contribution is 2.21. The zero-order valence-electron chi connectivity index (χ0n) is 13.5. The molecule has 120 valence electrons. The van der Waals surface area contributed by atoms with Crippen molar-refractivity contribution in [3.8, 4) is 0 Å². The first-order chi connectivity index (χ1) is 10.8. The Balaban J connectivity index is 1.39. The smallest absolute Gasteiger partial charge is 0.164 e. The number of ketones is 1. The van der Waals surface area contributed by atoms with Gasteiger partial charge in [-0.3, -0.25) is 4.79 Å². The molecule has 2 aliphatic rings. The van der Waals surface area contributed by atoms with E-state index in [2.05, 4.69) is 9.80 Å². The molecule has 0 spiro atoms. The molecule has 0 saturated carbocycles. The number of benzene rings is 1. The molecule has 2 saturated heterocycles. The third-order valence-corrected chi connectivity index (χ3v) is 5.22. The van der Waals surface area contributed by atoms with Gasteiger partial charge in [-0.15, -0.1) is 0 Å². The van der Waals surface area contributed by atoms with Crippen LogP contribution in [0.25, 0.3) is 0 Å². The lowest BCUT2D eigenvalue weighted by Crippen LogP contribution is -2.47. The molecule has 3 heteroatoms. The molecular formula is C19H28N2O. The van der Waals surface area contributed by atoms with E-state index in [1.165, 1.54) is 45.2 Å². The Morgan fingerprint density at radius 3 is 2.32 bits per heavy atom. The fraction of sp³-hybridized carbons (Fsp3) is 0.632. The lowest BCUT2D eigenvalue weighted by Gasteiger charge is -2.40. The Morgan fingerprint density at radius 2 is 1.64 bits per heavy atom. The number of piperidine rings is 2. The molecule has 1 aromatic carbocycles. The average molecular weight is 300 g/mol. The predicted octanol–water partition coefficient (Wildman–Crippen LogP) is 3.21. The van der Waals surface area contributed by atoms with Gasteiger partial charge in [0.05, 0.1) is 0 Å². The molecule has 2 heterocycles. The highest BCUT2D eigenvalue weighted by Gasteiger charge is 2.25. The number of carbonyl (C=O) groups excluding carboxylic acids is 1. The standard InChI is InChI=1S/C19H28N2O/c22-19(17-7-3-1-4-8-17)11-16-20-14-9-18(10-15-20)21-12-5-2-6-13-21/h1,3-4,7-8,18H,2,5-6,9-16H2. The van der Waals surface area contributed by atoms with Crippen molar-refractivity contribution < 1.29 is 4.79 Å². The summed E-state index contributed by atoms with van der Waals surface area (Å²) in [7, 11) is 0. The molecule has 0 bridgehead atoms. The van der Waals surface area contributed by atoms with Gasteiger partial charge in [-0.2, -0.15) is 0 Å². The van der Waals surface area contributed by atoms with E-state index in [0.29, 0.717) is 6.42 Å². The lowest BCUT2D eigenvalue weighted by atomic mass is 9.99. The number of hydrogen-bond acceptors (Lipinski definition) is 3. The zero-order valence-corrected chi connectivity index (χ0v) is 13.5. The minimum Gasteiger partial charge on any atom is -0.303 e. The summed E-state index contributed by atoms with van der Waals surface area (Å²) in [6, 6.07) is 10.5. The molecule has 0 aromatic heterocycles. The molecule has 2 fully saturated rings. The summed E-state index contributed by atoms with van der Waals surface area (Å²) in [5.41, 5.74) is 0.853. The van der Waals surface area contributed by atoms with Crippen LogP contribution in [0.15, 0.2) is 30.3 Å². The van der Waals surface area contributed by atoms with Crippen LogP contribution >= 0.6 is 0 Å². The topological polar surface area (TPSA) is 23.6 Å². The maximum absolute atomic E-state index is 12.2. The van der Waals surface area contributed by atoms with E-state index in [4.69, 9.17) is 0 Å². The Kier molecular flexibility index (Phi) is 5.63. The van der Waals surface area contributed by atoms with Gasteiger partial charge in [-0.1, -0.05) is 36.8 Å². The van der Waals surface area contributed by atoms with Crippen molar-refractivity contribution in [3.05, 3.63) is 35.9 Å². The average Bonchev–Trinajstić information content (AvgIpc) is 2.61.